The van der Waals surface area contributed by atoms with Gasteiger partial charge in [0, 0.05) is 18.8 Å². The SMILES string of the molecule is CCc1noc(-c2cccnc2-n2cnc(C(=O)N[C@@H](C)c3ccc(F)cc3)c2)n1. The van der Waals surface area contributed by atoms with Crippen molar-refractivity contribution in [3.8, 4) is 17.3 Å². The summed E-state index contributed by atoms with van der Waals surface area (Å²) in [6, 6.07) is 9.25. The topological polar surface area (TPSA) is 98.7 Å². The maximum Gasteiger partial charge on any atom is 0.271 e. The van der Waals surface area contributed by atoms with E-state index in [-0.39, 0.29) is 23.5 Å². The number of carbonyl (C=O) groups excluding carboxylic acids is 1. The highest BCUT2D eigenvalue weighted by molar-refractivity contribution is 5.92. The summed E-state index contributed by atoms with van der Waals surface area (Å²) < 4.78 is 20.1. The zero-order valence-corrected chi connectivity index (χ0v) is 16.4. The molecule has 30 heavy (non-hydrogen) atoms. The molecule has 3 heterocycles. The van der Waals surface area contributed by atoms with Crippen LogP contribution in [0.5, 0.6) is 0 Å². The predicted molar refractivity (Wildman–Crippen MR) is 106 cm³/mol. The molecule has 1 amide bonds. The van der Waals surface area contributed by atoms with E-state index >= 15 is 0 Å². The van der Waals surface area contributed by atoms with Crippen LogP contribution in [0.15, 0.2) is 59.6 Å². The summed E-state index contributed by atoms with van der Waals surface area (Å²) in [7, 11) is 0. The van der Waals surface area contributed by atoms with Gasteiger partial charge < -0.3 is 9.84 Å². The number of pyridine rings is 1. The number of nitrogens with zero attached hydrogens (tertiary/aromatic N) is 5. The number of amides is 1. The van der Waals surface area contributed by atoms with Crippen molar-refractivity contribution in [2.75, 3.05) is 0 Å². The zero-order chi connectivity index (χ0) is 21.1. The molecule has 9 heteroatoms. The van der Waals surface area contributed by atoms with Crippen LogP contribution in [0.2, 0.25) is 0 Å². The van der Waals surface area contributed by atoms with E-state index < -0.39 is 0 Å². The van der Waals surface area contributed by atoms with Crippen LogP contribution in [0.1, 0.15) is 41.8 Å². The molecule has 8 nitrogen and oxygen atoms in total. The molecule has 0 spiro atoms. The smallest absolute Gasteiger partial charge is 0.271 e. The molecule has 0 unspecified atom stereocenters. The van der Waals surface area contributed by atoms with Crippen molar-refractivity contribution in [2.45, 2.75) is 26.3 Å². The van der Waals surface area contributed by atoms with Gasteiger partial charge >= 0.3 is 0 Å². The van der Waals surface area contributed by atoms with Gasteiger partial charge in [-0.3, -0.25) is 9.36 Å². The molecule has 0 saturated carbocycles. The zero-order valence-electron chi connectivity index (χ0n) is 16.4. The molecule has 1 aromatic carbocycles. The first kappa shape index (κ1) is 19.4. The van der Waals surface area contributed by atoms with Crippen LogP contribution < -0.4 is 5.32 Å². The highest BCUT2D eigenvalue weighted by Gasteiger charge is 2.18. The normalized spacial score (nSPS) is 12.0. The minimum atomic E-state index is -0.353. The van der Waals surface area contributed by atoms with E-state index in [0.717, 1.165) is 5.56 Å². The summed E-state index contributed by atoms with van der Waals surface area (Å²) in [6.07, 6.45) is 5.36. The number of aromatic nitrogens is 5. The van der Waals surface area contributed by atoms with E-state index in [9.17, 15) is 9.18 Å². The molecular formula is C21H19FN6O2. The van der Waals surface area contributed by atoms with Crippen LogP contribution in [-0.4, -0.2) is 30.6 Å². The number of hydrogen-bond donors (Lipinski definition) is 1. The van der Waals surface area contributed by atoms with Gasteiger partial charge in [0.25, 0.3) is 11.8 Å². The average molecular weight is 406 g/mol. The minimum absolute atomic E-state index is 0.223. The molecule has 152 valence electrons. The fraction of sp³-hybridized carbons (Fsp3) is 0.190. The number of rotatable bonds is 6. The molecule has 0 aliphatic carbocycles. The molecule has 0 aliphatic rings. The molecule has 0 aliphatic heterocycles. The maximum absolute atomic E-state index is 13.1. The summed E-state index contributed by atoms with van der Waals surface area (Å²) in [5.41, 5.74) is 1.65. The number of hydrogen-bond acceptors (Lipinski definition) is 6. The molecular weight excluding hydrogens is 387 g/mol. The Morgan fingerprint density at radius 3 is 2.77 bits per heavy atom. The molecule has 0 bridgehead atoms. The van der Waals surface area contributed by atoms with Gasteiger partial charge in [-0.2, -0.15) is 4.98 Å². The Balaban J connectivity index is 1.56. The summed E-state index contributed by atoms with van der Waals surface area (Å²) in [6.45, 7) is 3.76. The van der Waals surface area contributed by atoms with Crippen LogP contribution >= 0.6 is 0 Å². The van der Waals surface area contributed by atoms with Gasteiger partial charge in [-0.15, -0.1) is 0 Å². The van der Waals surface area contributed by atoms with Gasteiger partial charge in [0.05, 0.1) is 11.6 Å². The van der Waals surface area contributed by atoms with Gasteiger partial charge in [0.1, 0.15) is 17.8 Å². The monoisotopic (exact) mass is 406 g/mol. The maximum atomic E-state index is 13.1. The van der Waals surface area contributed by atoms with Crippen molar-refractivity contribution in [1.29, 1.82) is 0 Å². The van der Waals surface area contributed by atoms with Crippen molar-refractivity contribution in [3.63, 3.8) is 0 Å². The Labute approximate surface area is 171 Å². The van der Waals surface area contributed by atoms with E-state index in [0.29, 0.717) is 29.5 Å². The lowest BCUT2D eigenvalue weighted by atomic mass is 10.1. The second-order valence-electron chi connectivity index (χ2n) is 6.66. The Morgan fingerprint density at radius 2 is 2.03 bits per heavy atom. The summed E-state index contributed by atoms with van der Waals surface area (Å²) in [5.74, 6) is 0.783. The first-order valence-corrected chi connectivity index (χ1v) is 9.43. The lowest BCUT2D eigenvalue weighted by molar-refractivity contribution is 0.0935. The average Bonchev–Trinajstić information content (AvgIpc) is 3.44. The standard InChI is InChI=1S/C21H19FN6O2/c1-3-18-26-21(30-27-18)16-5-4-10-23-19(16)28-11-17(24-12-28)20(29)25-13(2)14-6-8-15(22)9-7-14/h4-13H,3H2,1-2H3,(H,25,29)/t13-/m0/s1. The Kier molecular flexibility index (Phi) is 5.34. The molecule has 4 rings (SSSR count). The molecule has 1 N–H and O–H groups in total. The second kappa shape index (κ2) is 8.24. The summed E-state index contributed by atoms with van der Waals surface area (Å²) >= 11 is 0. The van der Waals surface area contributed by atoms with Crippen LogP contribution in [0.4, 0.5) is 4.39 Å². The number of aryl methyl sites for hydroxylation is 1. The third-order valence-corrected chi connectivity index (χ3v) is 4.58. The number of nitrogens with one attached hydrogen (secondary N) is 1. The predicted octanol–water partition coefficient (Wildman–Crippen LogP) is 3.51. The van der Waals surface area contributed by atoms with E-state index in [1.54, 1.807) is 35.2 Å². The van der Waals surface area contributed by atoms with E-state index in [4.69, 9.17) is 4.52 Å². The van der Waals surface area contributed by atoms with Gasteiger partial charge in [-0.1, -0.05) is 24.2 Å². The number of carbonyl (C=O) groups is 1. The first-order valence-electron chi connectivity index (χ1n) is 9.43. The lowest BCUT2D eigenvalue weighted by Gasteiger charge is -2.13. The molecule has 0 radical (unpaired) electrons. The van der Waals surface area contributed by atoms with Gasteiger partial charge in [-0.25, -0.2) is 14.4 Å². The van der Waals surface area contributed by atoms with E-state index in [1.807, 2.05) is 19.9 Å². The minimum Gasteiger partial charge on any atom is -0.344 e. The highest BCUT2D eigenvalue weighted by Crippen LogP contribution is 2.24. The van der Waals surface area contributed by atoms with Crippen molar-refractivity contribution >= 4 is 5.91 Å². The molecule has 0 saturated heterocycles. The Hall–Kier alpha value is -3.88. The highest BCUT2D eigenvalue weighted by atomic mass is 19.1. The van der Waals surface area contributed by atoms with Crippen LogP contribution in [0, 0.1) is 5.82 Å². The third kappa shape index (κ3) is 3.95. The largest absolute Gasteiger partial charge is 0.344 e. The Morgan fingerprint density at radius 1 is 1.23 bits per heavy atom. The second-order valence-corrected chi connectivity index (χ2v) is 6.66. The fourth-order valence-electron chi connectivity index (χ4n) is 2.94. The number of halogens is 1. The van der Waals surface area contributed by atoms with Gasteiger partial charge in [0.2, 0.25) is 0 Å². The van der Waals surface area contributed by atoms with Gasteiger partial charge in [-0.05, 0) is 36.8 Å². The van der Waals surface area contributed by atoms with Crippen molar-refractivity contribution < 1.29 is 13.7 Å². The van der Waals surface area contributed by atoms with E-state index in [1.165, 1.54) is 18.5 Å². The first-order chi connectivity index (χ1) is 14.5. The molecule has 3 aromatic heterocycles. The van der Waals surface area contributed by atoms with Gasteiger partial charge in [0.15, 0.2) is 11.6 Å². The quantitative estimate of drug-likeness (QED) is 0.526. The van der Waals surface area contributed by atoms with E-state index in [2.05, 4.69) is 25.4 Å². The molecule has 4 aromatic rings. The molecule has 1 atom stereocenters. The lowest BCUT2D eigenvalue weighted by Crippen LogP contribution is -2.26. The number of imidazole rings is 1. The van der Waals surface area contributed by atoms with Crippen LogP contribution in [0.25, 0.3) is 17.3 Å². The summed E-state index contributed by atoms with van der Waals surface area (Å²) in [5, 5.41) is 6.78. The third-order valence-electron chi connectivity index (χ3n) is 4.58. The van der Waals surface area contributed by atoms with Crippen molar-refractivity contribution in [1.82, 2.24) is 30.0 Å². The van der Waals surface area contributed by atoms with Crippen molar-refractivity contribution in [3.05, 3.63) is 78.0 Å². The molecule has 0 fully saturated rings. The van der Waals surface area contributed by atoms with Crippen LogP contribution in [0.3, 0.4) is 0 Å². The van der Waals surface area contributed by atoms with Crippen LogP contribution in [-0.2, 0) is 6.42 Å². The number of benzene rings is 1. The Bertz CT molecular complexity index is 1170. The summed E-state index contributed by atoms with van der Waals surface area (Å²) in [4.78, 5) is 25.5. The van der Waals surface area contributed by atoms with Crippen molar-refractivity contribution in [2.24, 2.45) is 0 Å². The fourth-order valence-corrected chi connectivity index (χ4v) is 2.94.